The molecule has 2 heterocycles. The van der Waals surface area contributed by atoms with Crippen LogP contribution in [0.4, 0.5) is 5.82 Å². The van der Waals surface area contributed by atoms with Gasteiger partial charge in [0.2, 0.25) is 5.91 Å². The van der Waals surface area contributed by atoms with E-state index in [0.717, 1.165) is 22.6 Å². The zero-order valence-electron chi connectivity index (χ0n) is 15.1. The molecule has 10 heteroatoms. The number of fused-ring (bicyclic) bond motifs is 1. The summed E-state index contributed by atoms with van der Waals surface area (Å²) in [6, 6.07) is 0. The van der Waals surface area contributed by atoms with E-state index in [0.29, 0.717) is 50.3 Å². The zero-order chi connectivity index (χ0) is 18.8. The summed E-state index contributed by atoms with van der Waals surface area (Å²) in [7, 11) is 0. The molecule has 0 spiro atoms. The smallest absolute Gasteiger partial charge is 0.221 e. The van der Waals surface area contributed by atoms with Crippen LogP contribution in [-0.4, -0.2) is 63.6 Å². The van der Waals surface area contributed by atoms with Gasteiger partial charge in [0, 0.05) is 32.0 Å². The van der Waals surface area contributed by atoms with E-state index >= 15 is 0 Å². The molecule has 0 radical (unpaired) electrons. The van der Waals surface area contributed by atoms with Crippen LogP contribution in [0, 0.1) is 0 Å². The predicted octanol–water partition coefficient (Wildman–Crippen LogP) is 2.13. The summed E-state index contributed by atoms with van der Waals surface area (Å²) in [5.41, 5.74) is 0.751. The maximum Gasteiger partial charge on any atom is 0.221 e. The average Bonchev–Trinajstić information content (AvgIpc) is 3.02. The molecule has 0 bridgehead atoms. The van der Waals surface area contributed by atoms with Crippen molar-refractivity contribution in [3.63, 3.8) is 0 Å². The Morgan fingerprint density at radius 1 is 1.35 bits per heavy atom. The Labute approximate surface area is 162 Å². The monoisotopic (exact) mass is 400 g/mol. The van der Waals surface area contributed by atoms with Gasteiger partial charge in [-0.1, -0.05) is 18.7 Å². The Kier molecular flexibility index (Phi) is 8.93. The van der Waals surface area contributed by atoms with Crippen LogP contribution in [0.1, 0.15) is 20.3 Å². The fourth-order valence-electron chi connectivity index (χ4n) is 2.29. The minimum Gasteiger partial charge on any atom is -0.380 e. The van der Waals surface area contributed by atoms with Crippen LogP contribution < -0.4 is 10.6 Å². The highest BCUT2D eigenvalue weighted by Gasteiger charge is 2.13. The van der Waals surface area contributed by atoms with Crippen molar-refractivity contribution in [2.75, 3.05) is 43.3 Å². The summed E-state index contributed by atoms with van der Waals surface area (Å²) >= 11 is 7.14. The number of halogens is 1. The van der Waals surface area contributed by atoms with E-state index in [1.165, 1.54) is 0 Å². The molecular weight excluding hydrogens is 376 g/mol. The van der Waals surface area contributed by atoms with Crippen LogP contribution in [0.25, 0.3) is 11.0 Å². The second kappa shape index (κ2) is 11.2. The van der Waals surface area contributed by atoms with Gasteiger partial charge < -0.3 is 15.4 Å². The molecule has 2 rings (SSSR count). The Morgan fingerprint density at radius 3 is 2.92 bits per heavy atom. The van der Waals surface area contributed by atoms with E-state index < -0.39 is 0 Å². The van der Waals surface area contributed by atoms with Gasteiger partial charge in [-0.05, 0) is 12.7 Å². The molecule has 0 saturated heterocycles. The summed E-state index contributed by atoms with van der Waals surface area (Å²) in [5, 5.41) is 12.1. The van der Waals surface area contributed by atoms with Crippen molar-refractivity contribution in [3.8, 4) is 0 Å². The molecule has 0 aliphatic rings. The lowest BCUT2D eigenvalue weighted by Crippen LogP contribution is -2.27. The van der Waals surface area contributed by atoms with E-state index in [2.05, 4.69) is 32.6 Å². The molecule has 2 N–H and O–H groups in total. The molecule has 2 aromatic rings. The first kappa shape index (κ1) is 20.7. The molecule has 1 amide bonds. The van der Waals surface area contributed by atoms with Crippen molar-refractivity contribution >= 4 is 46.1 Å². The molecule has 0 aromatic carbocycles. The van der Waals surface area contributed by atoms with E-state index in [-0.39, 0.29) is 5.91 Å². The number of nitrogens with one attached hydrogen (secondary N) is 2. The van der Waals surface area contributed by atoms with Crippen molar-refractivity contribution in [2.24, 2.45) is 0 Å². The summed E-state index contributed by atoms with van der Waals surface area (Å²) in [6.45, 7) is 6.99. The van der Waals surface area contributed by atoms with Crippen molar-refractivity contribution in [3.05, 3.63) is 6.20 Å². The van der Waals surface area contributed by atoms with Gasteiger partial charge >= 0.3 is 0 Å². The van der Waals surface area contributed by atoms with Gasteiger partial charge in [0.05, 0.1) is 24.7 Å². The first-order valence-corrected chi connectivity index (χ1v) is 10.2. The maximum absolute atomic E-state index is 11.5. The number of carbonyl (C=O) groups excluding carboxylic acids is 1. The third kappa shape index (κ3) is 6.00. The number of thioether (sulfide) groups is 1. The van der Waals surface area contributed by atoms with E-state index in [1.807, 2.05) is 6.92 Å². The van der Waals surface area contributed by atoms with Crippen molar-refractivity contribution in [2.45, 2.75) is 32.0 Å². The van der Waals surface area contributed by atoms with E-state index in [4.69, 9.17) is 16.3 Å². The third-order valence-electron chi connectivity index (χ3n) is 3.46. The van der Waals surface area contributed by atoms with Gasteiger partial charge in [0.15, 0.2) is 10.8 Å². The summed E-state index contributed by atoms with van der Waals surface area (Å²) in [5.74, 6) is 1.89. The number of anilines is 1. The van der Waals surface area contributed by atoms with Gasteiger partial charge in [0.25, 0.3) is 0 Å². The van der Waals surface area contributed by atoms with Crippen LogP contribution in [0.3, 0.4) is 0 Å². The van der Waals surface area contributed by atoms with Gasteiger partial charge in [-0.3, -0.25) is 4.79 Å². The molecule has 144 valence electrons. The highest BCUT2D eigenvalue weighted by Crippen LogP contribution is 2.24. The Balaban J connectivity index is 2.13. The molecule has 0 aliphatic carbocycles. The Morgan fingerprint density at radius 2 is 2.19 bits per heavy atom. The van der Waals surface area contributed by atoms with E-state index in [1.54, 1.807) is 22.6 Å². The SMILES string of the molecule is CCOCCNc1nc(SCC)nc2c1cnn2CCNC(=O)CCCl. The lowest BCUT2D eigenvalue weighted by Gasteiger charge is -2.09. The topological polar surface area (TPSA) is 94.0 Å². The molecule has 0 unspecified atom stereocenters. The number of hydrogen-bond donors (Lipinski definition) is 2. The average molecular weight is 401 g/mol. The fourth-order valence-corrected chi connectivity index (χ4v) is 3.03. The zero-order valence-corrected chi connectivity index (χ0v) is 16.7. The number of hydrogen-bond acceptors (Lipinski definition) is 7. The Bertz CT molecular complexity index is 711. The molecular formula is C16H25ClN6O2S. The normalized spacial score (nSPS) is 11.0. The number of amides is 1. The largest absolute Gasteiger partial charge is 0.380 e. The third-order valence-corrected chi connectivity index (χ3v) is 4.38. The number of alkyl halides is 1. The molecule has 8 nitrogen and oxygen atoms in total. The summed E-state index contributed by atoms with van der Waals surface area (Å²) in [4.78, 5) is 20.7. The van der Waals surface area contributed by atoms with E-state index in [9.17, 15) is 4.79 Å². The molecule has 0 aliphatic heterocycles. The number of ether oxygens (including phenoxy) is 1. The second-order valence-electron chi connectivity index (χ2n) is 5.31. The second-order valence-corrected chi connectivity index (χ2v) is 6.91. The maximum atomic E-state index is 11.5. The standard InChI is InChI=1S/C16H25ClN6O2S/c1-3-25-10-8-19-14-12-11-20-23(9-7-18-13(24)5-6-17)15(12)22-16(21-14)26-4-2/h11H,3-10H2,1-2H3,(H,18,24)(H,19,21,22). The first-order valence-electron chi connectivity index (χ1n) is 8.70. The van der Waals surface area contributed by atoms with Crippen molar-refractivity contribution in [1.29, 1.82) is 0 Å². The summed E-state index contributed by atoms with van der Waals surface area (Å²) in [6.07, 6.45) is 2.06. The molecule has 2 aromatic heterocycles. The minimum absolute atomic E-state index is 0.0633. The highest BCUT2D eigenvalue weighted by molar-refractivity contribution is 7.99. The van der Waals surface area contributed by atoms with Gasteiger partial charge in [-0.15, -0.1) is 11.6 Å². The summed E-state index contributed by atoms with van der Waals surface area (Å²) < 4.78 is 7.15. The quantitative estimate of drug-likeness (QED) is 0.244. The van der Waals surface area contributed by atoms with Gasteiger partial charge in [-0.2, -0.15) is 5.10 Å². The number of rotatable bonds is 12. The fraction of sp³-hybridized carbons (Fsp3) is 0.625. The lowest BCUT2D eigenvalue weighted by atomic mass is 10.4. The highest BCUT2D eigenvalue weighted by atomic mass is 35.5. The van der Waals surface area contributed by atoms with Gasteiger partial charge in [-0.25, -0.2) is 14.6 Å². The van der Waals surface area contributed by atoms with Crippen LogP contribution >= 0.6 is 23.4 Å². The molecule has 0 atom stereocenters. The molecule has 26 heavy (non-hydrogen) atoms. The number of nitrogens with zero attached hydrogens (tertiary/aromatic N) is 4. The number of aromatic nitrogens is 4. The van der Waals surface area contributed by atoms with Crippen LogP contribution in [-0.2, 0) is 16.1 Å². The van der Waals surface area contributed by atoms with Crippen molar-refractivity contribution in [1.82, 2.24) is 25.1 Å². The Hall–Kier alpha value is -1.58. The van der Waals surface area contributed by atoms with Crippen LogP contribution in [0.5, 0.6) is 0 Å². The lowest BCUT2D eigenvalue weighted by molar-refractivity contribution is -0.120. The minimum atomic E-state index is -0.0633. The molecule has 0 saturated carbocycles. The predicted molar refractivity (Wildman–Crippen MR) is 105 cm³/mol. The van der Waals surface area contributed by atoms with Gasteiger partial charge in [0.1, 0.15) is 5.82 Å². The van der Waals surface area contributed by atoms with Crippen molar-refractivity contribution < 1.29 is 9.53 Å². The van der Waals surface area contributed by atoms with Crippen LogP contribution in [0.15, 0.2) is 11.4 Å². The first-order chi connectivity index (χ1) is 12.7. The number of carbonyl (C=O) groups is 1. The molecule has 0 fully saturated rings. The van der Waals surface area contributed by atoms with Crippen LogP contribution in [0.2, 0.25) is 0 Å².